The van der Waals surface area contributed by atoms with E-state index in [9.17, 15) is 22.6 Å². The van der Waals surface area contributed by atoms with Gasteiger partial charge in [0.1, 0.15) is 4.90 Å². The minimum Gasteiger partial charge on any atom is -0.397 e. The third kappa shape index (κ3) is 3.15. The Balaban J connectivity index is 2.17. The zero-order valence-corrected chi connectivity index (χ0v) is 17.3. The van der Waals surface area contributed by atoms with Crippen molar-refractivity contribution in [2.24, 2.45) is 0 Å². The summed E-state index contributed by atoms with van der Waals surface area (Å²) in [5.74, 6) is -1.12. The number of nitrogens with two attached hydrogens (primary N) is 2. The normalized spacial score (nSPS) is 13.0. The number of nitrogens with one attached hydrogen (secondary N) is 1. The Labute approximate surface area is 178 Å². The summed E-state index contributed by atoms with van der Waals surface area (Å²) in [6, 6.07) is 13.0. The van der Waals surface area contributed by atoms with Crippen LogP contribution in [-0.4, -0.2) is 31.1 Å². The highest BCUT2D eigenvalue weighted by Gasteiger charge is 2.38. The minimum atomic E-state index is -4.90. The van der Waals surface area contributed by atoms with Gasteiger partial charge in [-0.15, -0.1) is 0 Å². The highest BCUT2D eigenvalue weighted by Crippen LogP contribution is 2.45. The van der Waals surface area contributed by atoms with Gasteiger partial charge in [0, 0.05) is 34.5 Å². The van der Waals surface area contributed by atoms with Crippen LogP contribution in [0.1, 0.15) is 38.8 Å². The molecule has 0 radical (unpaired) electrons. The largest absolute Gasteiger partial charge is 0.397 e. The van der Waals surface area contributed by atoms with Crippen LogP contribution in [0.15, 0.2) is 53.4 Å². The monoisotopic (exact) mass is 437 g/mol. The summed E-state index contributed by atoms with van der Waals surface area (Å²) < 4.78 is 34.1. The molecule has 8 nitrogen and oxygen atoms in total. The predicted molar refractivity (Wildman–Crippen MR) is 118 cm³/mol. The van der Waals surface area contributed by atoms with Crippen molar-refractivity contribution in [3.8, 4) is 11.1 Å². The second-order valence-electron chi connectivity index (χ2n) is 7.07. The lowest BCUT2D eigenvalue weighted by molar-refractivity contribution is 0.0980. The Morgan fingerprint density at radius 1 is 0.871 bits per heavy atom. The minimum absolute atomic E-state index is 0.0319. The van der Waals surface area contributed by atoms with Gasteiger partial charge in [-0.2, -0.15) is 8.42 Å². The average molecular weight is 437 g/mol. The van der Waals surface area contributed by atoms with Crippen LogP contribution in [0.4, 0.5) is 17.1 Å². The summed E-state index contributed by atoms with van der Waals surface area (Å²) in [5, 5.41) is 3.12. The van der Waals surface area contributed by atoms with Crippen LogP contribution < -0.4 is 16.8 Å². The van der Waals surface area contributed by atoms with Crippen molar-refractivity contribution in [2.45, 2.75) is 11.8 Å². The van der Waals surface area contributed by atoms with Gasteiger partial charge in [-0.1, -0.05) is 36.4 Å². The quantitative estimate of drug-likeness (QED) is 0.281. The maximum atomic E-state index is 13.4. The molecule has 0 amide bonds. The number of hydrogen-bond donors (Lipinski definition) is 4. The van der Waals surface area contributed by atoms with Gasteiger partial charge in [-0.25, -0.2) is 0 Å². The van der Waals surface area contributed by atoms with E-state index in [1.807, 2.05) is 6.92 Å². The maximum absolute atomic E-state index is 13.4. The number of rotatable bonds is 4. The Morgan fingerprint density at radius 2 is 1.45 bits per heavy atom. The van der Waals surface area contributed by atoms with E-state index in [-0.39, 0.29) is 27.8 Å². The number of fused-ring (bicyclic) bond motifs is 2. The first kappa shape index (κ1) is 20.6. The van der Waals surface area contributed by atoms with E-state index in [0.717, 1.165) is 0 Å². The van der Waals surface area contributed by atoms with Crippen molar-refractivity contribution in [1.82, 2.24) is 0 Å². The molecule has 3 aromatic carbocycles. The summed E-state index contributed by atoms with van der Waals surface area (Å²) in [6.07, 6.45) is 0. The molecule has 0 unspecified atom stereocenters. The fourth-order valence-electron chi connectivity index (χ4n) is 3.94. The molecule has 1 aliphatic carbocycles. The number of ketones is 2. The zero-order valence-electron chi connectivity index (χ0n) is 16.5. The molecule has 6 N–H and O–H groups in total. The molecule has 0 atom stereocenters. The van der Waals surface area contributed by atoms with Gasteiger partial charge in [-0.3, -0.25) is 14.1 Å². The first-order valence-corrected chi connectivity index (χ1v) is 10.9. The molecule has 0 bridgehead atoms. The second kappa shape index (κ2) is 7.22. The van der Waals surface area contributed by atoms with Crippen molar-refractivity contribution in [1.29, 1.82) is 0 Å². The van der Waals surface area contributed by atoms with Gasteiger partial charge in [0.2, 0.25) is 0 Å². The van der Waals surface area contributed by atoms with Gasteiger partial charge in [0.15, 0.2) is 11.6 Å². The fourth-order valence-corrected chi connectivity index (χ4v) is 4.70. The summed E-state index contributed by atoms with van der Waals surface area (Å²) in [7, 11) is -4.90. The number of hydrogen-bond acceptors (Lipinski definition) is 7. The van der Waals surface area contributed by atoms with Crippen molar-refractivity contribution in [2.75, 3.05) is 23.3 Å². The van der Waals surface area contributed by atoms with E-state index in [2.05, 4.69) is 5.32 Å². The number of carbonyl (C=O) groups excluding carboxylic acids is 2. The van der Waals surface area contributed by atoms with Gasteiger partial charge >= 0.3 is 0 Å². The molecule has 0 spiro atoms. The molecular formula is C22H19N3O5S. The van der Waals surface area contributed by atoms with Crippen LogP contribution in [-0.2, 0) is 10.1 Å². The van der Waals surface area contributed by atoms with Crippen LogP contribution >= 0.6 is 0 Å². The molecule has 9 heteroatoms. The van der Waals surface area contributed by atoms with E-state index in [4.69, 9.17) is 11.5 Å². The highest BCUT2D eigenvalue weighted by atomic mass is 32.2. The lowest BCUT2D eigenvalue weighted by Gasteiger charge is -2.25. The summed E-state index contributed by atoms with van der Waals surface area (Å²) in [5.41, 5.74) is 12.3. The molecule has 0 saturated carbocycles. The average Bonchev–Trinajstić information content (AvgIpc) is 2.71. The van der Waals surface area contributed by atoms with E-state index in [1.165, 1.54) is 12.1 Å². The Kier molecular flexibility index (Phi) is 4.79. The first-order valence-electron chi connectivity index (χ1n) is 9.42. The summed E-state index contributed by atoms with van der Waals surface area (Å²) in [6.45, 7) is 2.53. The molecular weight excluding hydrogens is 418 g/mol. The Bertz CT molecular complexity index is 1380. The third-order valence-corrected chi connectivity index (χ3v) is 6.14. The molecule has 4 rings (SSSR count). The molecule has 31 heavy (non-hydrogen) atoms. The van der Waals surface area contributed by atoms with Crippen LogP contribution in [0.5, 0.6) is 0 Å². The zero-order chi connectivity index (χ0) is 22.5. The molecule has 0 heterocycles. The van der Waals surface area contributed by atoms with E-state index < -0.39 is 38.0 Å². The van der Waals surface area contributed by atoms with Crippen molar-refractivity contribution < 1.29 is 22.6 Å². The van der Waals surface area contributed by atoms with Crippen LogP contribution in [0.25, 0.3) is 11.1 Å². The molecule has 0 fully saturated rings. The van der Waals surface area contributed by atoms with Gasteiger partial charge in [-0.05, 0) is 24.6 Å². The molecule has 1 aliphatic rings. The molecule has 0 aliphatic heterocycles. The topological polar surface area (TPSA) is 153 Å². The summed E-state index contributed by atoms with van der Waals surface area (Å²) in [4.78, 5) is 25.9. The predicted octanol–water partition coefficient (Wildman–Crippen LogP) is 2.97. The van der Waals surface area contributed by atoms with Crippen LogP contribution in [0, 0.1) is 0 Å². The van der Waals surface area contributed by atoms with Crippen LogP contribution in [0.3, 0.4) is 0 Å². The van der Waals surface area contributed by atoms with Gasteiger partial charge in [0.25, 0.3) is 10.1 Å². The molecule has 158 valence electrons. The smallest absolute Gasteiger partial charge is 0.298 e. The number of nitrogen functional groups attached to an aromatic ring is 2. The molecule has 0 aromatic heterocycles. The fraction of sp³-hybridized carbons (Fsp3) is 0.0909. The van der Waals surface area contributed by atoms with Crippen molar-refractivity contribution in [3.05, 3.63) is 70.8 Å². The van der Waals surface area contributed by atoms with E-state index in [1.54, 1.807) is 36.4 Å². The lowest BCUT2D eigenvalue weighted by atomic mass is 9.79. The van der Waals surface area contributed by atoms with Gasteiger partial charge in [0.05, 0.1) is 16.9 Å². The molecule has 0 saturated heterocycles. The van der Waals surface area contributed by atoms with Crippen LogP contribution in [0.2, 0.25) is 0 Å². The van der Waals surface area contributed by atoms with Crippen molar-refractivity contribution >= 4 is 38.7 Å². The SMILES string of the molecule is CCNc1cccc(-c2c(N)c(S(=O)(=O)O)c(N)c3c2C(=O)c2ccccc2C3=O)c1. The Morgan fingerprint density at radius 3 is 2.03 bits per heavy atom. The lowest BCUT2D eigenvalue weighted by Crippen LogP contribution is -2.26. The maximum Gasteiger partial charge on any atom is 0.298 e. The Hall–Kier alpha value is -3.69. The molecule has 3 aromatic rings. The highest BCUT2D eigenvalue weighted by molar-refractivity contribution is 7.86. The van der Waals surface area contributed by atoms with E-state index in [0.29, 0.717) is 17.8 Å². The number of carbonyl (C=O) groups is 2. The number of anilines is 3. The third-order valence-electron chi connectivity index (χ3n) is 5.19. The first-order chi connectivity index (χ1) is 14.7. The number of benzene rings is 3. The van der Waals surface area contributed by atoms with E-state index >= 15 is 0 Å². The standard InChI is InChI=1S/C22H19N3O5S/c1-2-25-12-7-5-6-11(10-12)15-16-17(19(24)22(18(15)23)31(28,29)30)21(27)14-9-4-3-8-13(14)20(16)26/h3-10,25H,2,23-24H2,1H3,(H,28,29,30). The van der Waals surface area contributed by atoms with Gasteiger partial charge < -0.3 is 16.8 Å². The second-order valence-corrected chi connectivity index (χ2v) is 8.43. The van der Waals surface area contributed by atoms with Crippen molar-refractivity contribution in [3.63, 3.8) is 0 Å². The summed E-state index contributed by atoms with van der Waals surface area (Å²) >= 11 is 0.